The van der Waals surface area contributed by atoms with Crippen LogP contribution in [0.25, 0.3) is 0 Å². The van der Waals surface area contributed by atoms with E-state index >= 15 is 0 Å². The van der Waals surface area contributed by atoms with Crippen LogP contribution in [0.3, 0.4) is 0 Å². The monoisotopic (exact) mass is 662 g/mol. The van der Waals surface area contributed by atoms with Crippen molar-refractivity contribution < 1.29 is 42.1 Å². The molecule has 4 aromatic rings. The minimum absolute atomic E-state index is 0.00836. The van der Waals surface area contributed by atoms with Crippen molar-refractivity contribution in [2.75, 3.05) is 13.7 Å². The fourth-order valence-electron chi connectivity index (χ4n) is 5.82. The van der Waals surface area contributed by atoms with Gasteiger partial charge in [0.25, 0.3) is 0 Å². The molecule has 1 aliphatic heterocycles. The lowest BCUT2D eigenvalue weighted by Crippen LogP contribution is -2.48. The van der Waals surface area contributed by atoms with E-state index in [9.17, 15) is 27.9 Å². The van der Waals surface area contributed by atoms with Gasteiger partial charge in [0.2, 0.25) is 11.7 Å². The summed E-state index contributed by atoms with van der Waals surface area (Å²) >= 11 is 0. The molecule has 2 atom stereocenters. The van der Waals surface area contributed by atoms with Gasteiger partial charge in [0.15, 0.2) is 11.5 Å². The molecule has 1 aliphatic rings. The van der Waals surface area contributed by atoms with Crippen LogP contribution in [0, 0.1) is 5.92 Å². The minimum Gasteiger partial charge on any atom is -0.508 e. The second kappa shape index (κ2) is 14.7. The molecule has 0 aromatic heterocycles. The number of nitrogens with zero attached hydrogens (tertiary/aromatic N) is 2. The van der Waals surface area contributed by atoms with E-state index in [1.807, 2.05) is 60.7 Å². The van der Waals surface area contributed by atoms with Gasteiger partial charge in [0, 0.05) is 12.1 Å². The Kier molecular flexibility index (Phi) is 10.5. The summed E-state index contributed by atoms with van der Waals surface area (Å²) in [6.07, 6.45) is -6.43. The van der Waals surface area contributed by atoms with Gasteiger partial charge in [-0.2, -0.15) is 13.2 Å². The first-order chi connectivity index (χ1) is 23.0. The van der Waals surface area contributed by atoms with Crippen molar-refractivity contribution in [3.05, 3.63) is 119 Å². The third-order valence-electron chi connectivity index (χ3n) is 8.10. The van der Waals surface area contributed by atoms with Crippen LogP contribution in [0.4, 0.5) is 13.2 Å². The number of methoxy groups -OCH3 is 1. The predicted molar refractivity (Wildman–Crippen MR) is 172 cm³/mol. The first-order valence-corrected chi connectivity index (χ1v) is 15.5. The molecular weight excluding hydrogens is 625 g/mol. The molecule has 252 valence electrons. The highest BCUT2D eigenvalue weighted by Crippen LogP contribution is 2.46. The van der Waals surface area contributed by atoms with Crippen LogP contribution < -0.4 is 14.2 Å². The second-order valence-corrected chi connectivity index (χ2v) is 11.8. The number of phenolic OH excluding ortho intramolecular Hbond substituents is 1. The Hall–Kier alpha value is -5.19. The minimum atomic E-state index is -5.25. The van der Waals surface area contributed by atoms with E-state index in [2.05, 4.69) is 0 Å². The van der Waals surface area contributed by atoms with Crippen molar-refractivity contribution >= 4 is 11.8 Å². The molecule has 1 fully saturated rings. The highest BCUT2D eigenvalue weighted by Gasteiger charge is 2.56. The molecule has 0 bridgehead atoms. The number of hydrogen-bond donors (Lipinski definition) is 1. The summed E-state index contributed by atoms with van der Waals surface area (Å²) in [6.45, 7) is 3.41. The van der Waals surface area contributed by atoms with Gasteiger partial charge < -0.3 is 24.2 Å². The quantitative estimate of drug-likeness (QED) is 0.175. The normalized spacial score (nSPS) is 16.4. The zero-order chi connectivity index (χ0) is 34.4. The van der Waals surface area contributed by atoms with Gasteiger partial charge in [0.05, 0.1) is 7.11 Å². The largest absolute Gasteiger partial charge is 0.508 e. The van der Waals surface area contributed by atoms with Crippen LogP contribution >= 0.6 is 0 Å². The zero-order valence-electron chi connectivity index (χ0n) is 26.8. The average molecular weight is 663 g/mol. The van der Waals surface area contributed by atoms with Gasteiger partial charge in [0.1, 0.15) is 31.2 Å². The van der Waals surface area contributed by atoms with E-state index in [0.717, 1.165) is 16.7 Å². The number of aromatic hydroxyl groups is 1. The van der Waals surface area contributed by atoms with E-state index < -0.39 is 36.1 Å². The molecule has 0 spiro atoms. The number of halogens is 3. The van der Waals surface area contributed by atoms with Crippen LogP contribution in [0.15, 0.2) is 97.1 Å². The zero-order valence-corrected chi connectivity index (χ0v) is 26.8. The molecule has 48 heavy (non-hydrogen) atoms. The molecule has 0 radical (unpaired) electrons. The van der Waals surface area contributed by atoms with Crippen molar-refractivity contribution in [2.45, 2.75) is 51.9 Å². The number of phenols is 1. The number of alkyl halides is 3. The summed E-state index contributed by atoms with van der Waals surface area (Å²) in [5, 5.41) is 9.72. The van der Waals surface area contributed by atoms with Crippen molar-refractivity contribution in [3.63, 3.8) is 0 Å². The number of benzene rings is 4. The van der Waals surface area contributed by atoms with Crippen LogP contribution in [0.5, 0.6) is 23.0 Å². The molecule has 2 amide bonds. The summed E-state index contributed by atoms with van der Waals surface area (Å²) in [5.41, 5.74) is 2.59. The van der Waals surface area contributed by atoms with Gasteiger partial charge >= 0.3 is 12.1 Å². The van der Waals surface area contributed by atoms with Gasteiger partial charge in [-0.3, -0.25) is 14.5 Å². The van der Waals surface area contributed by atoms with Crippen LogP contribution in [-0.4, -0.2) is 52.6 Å². The van der Waals surface area contributed by atoms with Crippen molar-refractivity contribution in [3.8, 4) is 23.0 Å². The molecule has 5 rings (SSSR count). The second-order valence-electron chi connectivity index (χ2n) is 11.8. The highest BCUT2D eigenvalue weighted by molar-refractivity contribution is 5.94. The van der Waals surface area contributed by atoms with E-state index in [0.29, 0.717) is 4.90 Å². The molecule has 0 aliphatic carbocycles. The van der Waals surface area contributed by atoms with Crippen LogP contribution in [0.1, 0.15) is 42.3 Å². The lowest BCUT2D eigenvalue weighted by molar-refractivity contribution is -0.190. The Morgan fingerprint density at radius 2 is 1.35 bits per heavy atom. The maximum atomic E-state index is 14.2. The number of rotatable bonds is 12. The molecule has 4 aromatic carbocycles. The summed E-state index contributed by atoms with van der Waals surface area (Å²) in [6, 6.07) is 26.5. The molecule has 0 saturated carbocycles. The van der Waals surface area contributed by atoms with Crippen LogP contribution in [-0.2, 0) is 29.2 Å². The number of amides is 2. The molecule has 11 heteroatoms. The molecule has 1 heterocycles. The van der Waals surface area contributed by atoms with Crippen LogP contribution in [0.2, 0.25) is 0 Å². The fraction of sp³-hybridized carbons (Fsp3) is 0.297. The average Bonchev–Trinajstić information content (AvgIpc) is 3.37. The maximum Gasteiger partial charge on any atom is 0.471 e. The molecule has 1 saturated heterocycles. The highest BCUT2D eigenvalue weighted by atomic mass is 19.4. The summed E-state index contributed by atoms with van der Waals surface area (Å²) in [4.78, 5) is 29.1. The molecule has 1 N–H and O–H groups in total. The first-order valence-electron chi connectivity index (χ1n) is 15.5. The first kappa shape index (κ1) is 34.2. The Morgan fingerprint density at radius 1 is 0.833 bits per heavy atom. The van der Waals surface area contributed by atoms with Crippen molar-refractivity contribution in [2.24, 2.45) is 5.92 Å². The Morgan fingerprint density at radius 3 is 1.81 bits per heavy atom. The standard InChI is InChI=1S/C37H37F3N2O6/c1-24(2)32-35(44)41(19-18-25-14-16-29(43)17-15-25)34(42(32)36(45)37(38,39)40)28-20-30(47-22-26-10-6-4-7-11-26)33(46-3)31(21-28)48-23-27-12-8-5-9-13-27/h4-17,20-21,24,32,34,43H,18-19,22-23H2,1-3H3/t32-,34?/m1/s1. The fourth-order valence-corrected chi connectivity index (χ4v) is 5.82. The van der Waals surface area contributed by atoms with Crippen molar-refractivity contribution in [1.82, 2.24) is 9.80 Å². The van der Waals surface area contributed by atoms with Gasteiger partial charge in [-0.05, 0) is 53.3 Å². The van der Waals surface area contributed by atoms with Gasteiger partial charge in [-0.15, -0.1) is 0 Å². The van der Waals surface area contributed by atoms with E-state index in [1.165, 1.54) is 36.3 Å². The Bertz CT molecular complexity index is 1630. The predicted octanol–water partition coefficient (Wildman–Crippen LogP) is 7.06. The third-order valence-corrected chi connectivity index (χ3v) is 8.10. The lowest BCUT2D eigenvalue weighted by Gasteiger charge is -2.33. The maximum absolute atomic E-state index is 14.2. The summed E-state index contributed by atoms with van der Waals surface area (Å²) < 4.78 is 60.8. The topological polar surface area (TPSA) is 88.5 Å². The number of carbonyl (C=O) groups is 2. The van der Waals surface area contributed by atoms with Crippen molar-refractivity contribution in [1.29, 1.82) is 0 Å². The number of carbonyl (C=O) groups excluding carboxylic acids is 2. The Labute approximate surface area is 277 Å². The Balaban J connectivity index is 1.63. The van der Waals surface area contributed by atoms with Gasteiger partial charge in [-0.1, -0.05) is 86.6 Å². The lowest BCUT2D eigenvalue weighted by atomic mass is 10.0. The van der Waals surface area contributed by atoms with E-state index in [-0.39, 0.29) is 54.7 Å². The number of ether oxygens (including phenoxy) is 3. The third kappa shape index (κ3) is 7.67. The van der Waals surface area contributed by atoms with Gasteiger partial charge in [-0.25, -0.2) is 0 Å². The smallest absolute Gasteiger partial charge is 0.471 e. The molecular formula is C37H37F3N2O6. The SMILES string of the molecule is COc1c(OCc2ccccc2)cc(C2N(CCc3ccc(O)cc3)C(=O)[C@@H](C(C)C)N2C(=O)C(F)(F)F)cc1OCc1ccccc1. The summed E-state index contributed by atoms with van der Waals surface area (Å²) in [5.74, 6) is -2.77. The summed E-state index contributed by atoms with van der Waals surface area (Å²) in [7, 11) is 1.43. The molecule has 8 nitrogen and oxygen atoms in total. The molecule has 1 unspecified atom stereocenters. The number of hydrogen-bond acceptors (Lipinski definition) is 6. The van der Waals surface area contributed by atoms with E-state index in [4.69, 9.17) is 14.2 Å². The van der Waals surface area contributed by atoms with E-state index in [1.54, 1.807) is 26.0 Å².